The maximum atomic E-state index is 12.3. The highest BCUT2D eigenvalue weighted by molar-refractivity contribution is 5.82. The average molecular weight is 270 g/mol. The van der Waals surface area contributed by atoms with Crippen LogP contribution in [0.25, 0.3) is 0 Å². The van der Waals surface area contributed by atoms with Crippen LogP contribution in [-0.4, -0.2) is 62.4 Å². The Morgan fingerprint density at radius 3 is 2.79 bits per heavy atom. The molecule has 0 aromatic rings. The van der Waals surface area contributed by atoms with Crippen molar-refractivity contribution in [2.45, 2.75) is 38.3 Å². The number of ether oxygens (including phenoxy) is 2. The molecule has 19 heavy (non-hydrogen) atoms. The van der Waals surface area contributed by atoms with Crippen molar-refractivity contribution in [2.24, 2.45) is 5.92 Å². The van der Waals surface area contributed by atoms with Gasteiger partial charge in [-0.15, -0.1) is 0 Å². The van der Waals surface area contributed by atoms with Crippen molar-refractivity contribution in [2.75, 3.05) is 39.9 Å². The van der Waals surface area contributed by atoms with Gasteiger partial charge >= 0.3 is 5.97 Å². The molecule has 1 saturated carbocycles. The summed E-state index contributed by atoms with van der Waals surface area (Å²) in [6, 6.07) is 0. The van der Waals surface area contributed by atoms with E-state index in [9.17, 15) is 4.79 Å². The van der Waals surface area contributed by atoms with Gasteiger partial charge < -0.3 is 14.8 Å². The van der Waals surface area contributed by atoms with Gasteiger partial charge in [0.2, 0.25) is 0 Å². The first-order valence-corrected chi connectivity index (χ1v) is 7.29. The Morgan fingerprint density at radius 1 is 1.53 bits per heavy atom. The highest BCUT2D eigenvalue weighted by atomic mass is 16.5. The fraction of sp³-hybridized carbons (Fsp3) is 0.929. The van der Waals surface area contributed by atoms with Crippen LogP contribution in [0.2, 0.25) is 0 Å². The Morgan fingerprint density at radius 2 is 2.26 bits per heavy atom. The topological polar surface area (TPSA) is 50.8 Å². The van der Waals surface area contributed by atoms with Gasteiger partial charge in [0.1, 0.15) is 5.54 Å². The number of esters is 1. The predicted octanol–water partition coefficient (Wildman–Crippen LogP) is 0.638. The summed E-state index contributed by atoms with van der Waals surface area (Å²) < 4.78 is 10.6. The Hall–Kier alpha value is -0.650. The second-order valence-electron chi connectivity index (χ2n) is 5.68. The monoisotopic (exact) mass is 270 g/mol. The van der Waals surface area contributed by atoms with Crippen molar-refractivity contribution in [3.8, 4) is 0 Å². The minimum absolute atomic E-state index is 0.115. The van der Waals surface area contributed by atoms with Gasteiger partial charge in [0, 0.05) is 19.6 Å². The number of methoxy groups -OCH3 is 1. The summed E-state index contributed by atoms with van der Waals surface area (Å²) in [6.07, 6.45) is 2.47. The Bertz CT molecular complexity index is 320. The molecular weight excluding hydrogens is 244 g/mol. The van der Waals surface area contributed by atoms with E-state index < -0.39 is 5.54 Å². The molecule has 0 aromatic heterocycles. The van der Waals surface area contributed by atoms with E-state index in [0.717, 1.165) is 45.6 Å². The van der Waals surface area contributed by atoms with E-state index in [1.165, 1.54) is 7.11 Å². The molecule has 2 unspecified atom stereocenters. The summed E-state index contributed by atoms with van der Waals surface area (Å²) >= 11 is 0. The van der Waals surface area contributed by atoms with Gasteiger partial charge in [-0.05, 0) is 32.2 Å². The number of hydrogen-bond acceptors (Lipinski definition) is 5. The molecule has 110 valence electrons. The van der Waals surface area contributed by atoms with Crippen LogP contribution in [0.3, 0.4) is 0 Å². The third kappa shape index (κ3) is 3.27. The summed E-state index contributed by atoms with van der Waals surface area (Å²) in [5.41, 5.74) is -0.527. The SMILES string of the molecule is CCNC(CN1CCOC(C)C1)(C(=O)OC)C1CC1. The van der Waals surface area contributed by atoms with Crippen molar-refractivity contribution in [3.05, 3.63) is 0 Å². The Labute approximate surface area is 115 Å². The van der Waals surface area contributed by atoms with Crippen LogP contribution >= 0.6 is 0 Å². The minimum Gasteiger partial charge on any atom is -0.468 e. The molecule has 1 aliphatic heterocycles. The number of morpholine rings is 1. The first kappa shape index (κ1) is 14.8. The van der Waals surface area contributed by atoms with Gasteiger partial charge in [0.25, 0.3) is 0 Å². The van der Waals surface area contributed by atoms with Crippen molar-refractivity contribution >= 4 is 5.97 Å². The van der Waals surface area contributed by atoms with Gasteiger partial charge in [-0.2, -0.15) is 0 Å². The van der Waals surface area contributed by atoms with E-state index in [1.807, 2.05) is 6.92 Å². The van der Waals surface area contributed by atoms with Gasteiger partial charge in [0.05, 0.1) is 19.8 Å². The number of nitrogens with zero attached hydrogens (tertiary/aromatic N) is 1. The van der Waals surface area contributed by atoms with Crippen molar-refractivity contribution < 1.29 is 14.3 Å². The molecule has 5 nitrogen and oxygen atoms in total. The van der Waals surface area contributed by atoms with E-state index in [1.54, 1.807) is 0 Å². The van der Waals surface area contributed by atoms with E-state index >= 15 is 0 Å². The molecule has 2 rings (SSSR count). The Kier molecular flexibility index (Phi) is 4.81. The van der Waals surface area contributed by atoms with Crippen LogP contribution in [0, 0.1) is 5.92 Å². The highest BCUT2D eigenvalue weighted by Crippen LogP contribution is 2.41. The molecule has 0 bridgehead atoms. The summed E-state index contributed by atoms with van der Waals surface area (Å²) in [6.45, 7) is 8.16. The molecular formula is C14H26N2O3. The smallest absolute Gasteiger partial charge is 0.327 e. The van der Waals surface area contributed by atoms with E-state index in [4.69, 9.17) is 9.47 Å². The fourth-order valence-corrected chi connectivity index (χ4v) is 3.09. The number of likely N-dealkylation sites (N-methyl/N-ethyl adjacent to an activating group) is 1. The Balaban J connectivity index is 2.09. The molecule has 2 aliphatic rings. The van der Waals surface area contributed by atoms with E-state index in [0.29, 0.717) is 5.92 Å². The quantitative estimate of drug-likeness (QED) is 0.718. The first-order valence-electron chi connectivity index (χ1n) is 7.29. The molecule has 0 aromatic carbocycles. The van der Waals surface area contributed by atoms with Crippen LogP contribution in [0.15, 0.2) is 0 Å². The number of carbonyl (C=O) groups is 1. The molecule has 5 heteroatoms. The summed E-state index contributed by atoms with van der Waals surface area (Å²) in [5, 5.41) is 3.41. The normalized spacial score (nSPS) is 27.8. The molecule has 0 radical (unpaired) electrons. The predicted molar refractivity (Wildman–Crippen MR) is 73.0 cm³/mol. The van der Waals surface area contributed by atoms with Gasteiger partial charge in [-0.3, -0.25) is 4.90 Å². The molecule has 1 aliphatic carbocycles. The zero-order valence-electron chi connectivity index (χ0n) is 12.3. The molecule has 2 fully saturated rings. The third-order valence-corrected chi connectivity index (χ3v) is 4.11. The van der Waals surface area contributed by atoms with E-state index in [2.05, 4.69) is 17.1 Å². The zero-order valence-corrected chi connectivity index (χ0v) is 12.3. The largest absolute Gasteiger partial charge is 0.468 e. The van der Waals surface area contributed by atoms with Gasteiger partial charge in [-0.1, -0.05) is 6.92 Å². The van der Waals surface area contributed by atoms with Crippen LogP contribution in [0.1, 0.15) is 26.7 Å². The summed E-state index contributed by atoms with van der Waals surface area (Å²) in [7, 11) is 1.48. The lowest BCUT2D eigenvalue weighted by Crippen LogP contribution is -2.62. The second kappa shape index (κ2) is 6.20. The second-order valence-corrected chi connectivity index (χ2v) is 5.68. The minimum atomic E-state index is -0.527. The van der Waals surface area contributed by atoms with Gasteiger partial charge in [-0.25, -0.2) is 4.79 Å². The van der Waals surface area contributed by atoms with Crippen LogP contribution in [0.5, 0.6) is 0 Å². The fourth-order valence-electron chi connectivity index (χ4n) is 3.09. The van der Waals surface area contributed by atoms with Crippen molar-refractivity contribution in [1.82, 2.24) is 10.2 Å². The number of rotatable bonds is 6. The molecule has 1 N–H and O–H groups in total. The number of nitrogens with one attached hydrogen (secondary N) is 1. The van der Waals surface area contributed by atoms with Crippen molar-refractivity contribution in [3.63, 3.8) is 0 Å². The standard InChI is InChI=1S/C14H26N2O3/c1-4-15-14(12-5-6-12,13(17)18-3)10-16-7-8-19-11(2)9-16/h11-12,15H,4-10H2,1-3H3. The first-order chi connectivity index (χ1) is 9.12. The zero-order chi connectivity index (χ0) is 13.9. The molecule has 0 amide bonds. The third-order valence-electron chi connectivity index (χ3n) is 4.11. The summed E-state index contributed by atoms with van der Waals surface area (Å²) in [5.74, 6) is 0.300. The molecule has 1 saturated heterocycles. The maximum absolute atomic E-state index is 12.3. The van der Waals surface area contributed by atoms with Gasteiger partial charge in [0.15, 0.2) is 0 Å². The molecule has 2 atom stereocenters. The van der Waals surface area contributed by atoms with E-state index in [-0.39, 0.29) is 12.1 Å². The lowest BCUT2D eigenvalue weighted by molar-refractivity contribution is -0.151. The highest BCUT2D eigenvalue weighted by Gasteiger charge is 2.52. The van der Waals surface area contributed by atoms with Crippen LogP contribution < -0.4 is 5.32 Å². The lowest BCUT2D eigenvalue weighted by Gasteiger charge is -2.40. The number of carbonyl (C=O) groups excluding carboxylic acids is 1. The average Bonchev–Trinajstić information content (AvgIpc) is 3.21. The van der Waals surface area contributed by atoms with Crippen LogP contribution in [-0.2, 0) is 14.3 Å². The lowest BCUT2D eigenvalue weighted by atomic mass is 9.91. The number of hydrogen-bond donors (Lipinski definition) is 1. The summed E-state index contributed by atoms with van der Waals surface area (Å²) in [4.78, 5) is 14.6. The van der Waals surface area contributed by atoms with Crippen molar-refractivity contribution in [1.29, 1.82) is 0 Å². The maximum Gasteiger partial charge on any atom is 0.327 e. The van der Waals surface area contributed by atoms with Crippen LogP contribution in [0.4, 0.5) is 0 Å². The molecule has 0 spiro atoms. The molecule has 1 heterocycles.